The van der Waals surface area contributed by atoms with Crippen molar-refractivity contribution in [3.63, 3.8) is 0 Å². The molecule has 4 nitrogen and oxygen atoms in total. The van der Waals surface area contributed by atoms with Gasteiger partial charge in [0, 0.05) is 19.1 Å². The molecule has 0 unspecified atom stereocenters. The van der Waals surface area contributed by atoms with Crippen LogP contribution in [0, 0.1) is 0 Å². The minimum atomic E-state index is -3.19. The largest absolute Gasteiger partial charge is 0.313 e. The summed E-state index contributed by atoms with van der Waals surface area (Å²) in [7, 11) is -3.19. The van der Waals surface area contributed by atoms with E-state index in [9.17, 15) is 8.42 Å². The molecule has 1 aliphatic carbocycles. The standard InChI is InChI=1S/C15H22N2O2S/c18-20(19,12-10-16-14-6-2-3-7-14)17-11-9-13-5-1-4-8-15(13)17/h1,4-5,8,14,16H,2-3,6-7,9-12H2. The van der Waals surface area contributed by atoms with Crippen LogP contribution in [-0.2, 0) is 16.4 Å². The van der Waals surface area contributed by atoms with Gasteiger partial charge in [-0.25, -0.2) is 8.42 Å². The molecular formula is C15H22N2O2S. The zero-order valence-corrected chi connectivity index (χ0v) is 12.5. The maximum Gasteiger partial charge on any atom is 0.236 e. The van der Waals surface area contributed by atoms with Crippen LogP contribution in [0.3, 0.4) is 0 Å². The third-order valence-corrected chi connectivity index (χ3v) is 6.10. The maximum absolute atomic E-state index is 12.5. The fraction of sp³-hybridized carbons (Fsp3) is 0.600. The fourth-order valence-corrected chi connectivity index (χ4v) is 4.67. The topological polar surface area (TPSA) is 49.4 Å². The van der Waals surface area contributed by atoms with Crippen LogP contribution < -0.4 is 9.62 Å². The monoisotopic (exact) mass is 294 g/mol. The molecule has 0 saturated heterocycles. The first-order valence-corrected chi connectivity index (χ1v) is 9.09. The third kappa shape index (κ3) is 2.83. The predicted octanol–water partition coefficient (Wildman–Crippen LogP) is 1.91. The second-order valence-electron chi connectivity index (χ2n) is 5.70. The third-order valence-electron chi connectivity index (χ3n) is 4.33. The molecule has 110 valence electrons. The van der Waals surface area contributed by atoms with Crippen molar-refractivity contribution in [2.45, 2.75) is 38.1 Å². The Hall–Kier alpha value is -1.07. The van der Waals surface area contributed by atoms with E-state index in [-0.39, 0.29) is 5.75 Å². The number of fused-ring (bicyclic) bond motifs is 1. The molecule has 5 heteroatoms. The molecule has 1 N–H and O–H groups in total. The molecule has 20 heavy (non-hydrogen) atoms. The van der Waals surface area contributed by atoms with Crippen molar-refractivity contribution in [1.82, 2.24) is 5.32 Å². The molecule has 1 fully saturated rings. The normalized spacial score (nSPS) is 19.5. The first kappa shape index (κ1) is 13.9. The molecule has 1 heterocycles. The van der Waals surface area contributed by atoms with Crippen molar-refractivity contribution in [3.05, 3.63) is 29.8 Å². The van der Waals surface area contributed by atoms with Crippen molar-refractivity contribution < 1.29 is 8.42 Å². The van der Waals surface area contributed by atoms with Gasteiger partial charge < -0.3 is 5.32 Å². The van der Waals surface area contributed by atoms with E-state index in [1.807, 2.05) is 24.3 Å². The zero-order chi connectivity index (χ0) is 14.0. The van der Waals surface area contributed by atoms with Crippen molar-refractivity contribution in [2.24, 2.45) is 0 Å². The summed E-state index contributed by atoms with van der Waals surface area (Å²) in [4.78, 5) is 0. The van der Waals surface area contributed by atoms with Gasteiger partial charge in [0.2, 0.25) is 10.0 Å². The molecule has 1 aromatic rings. The van der Waals surface area contributed by atoms with Crippen molar-refractivity contribution in [2.75, 3.05) is 23.1 Å². The second kappa shape index (κ2) is 5.74. The van der Waals surface area contributed by atoms with Gasteiger partial charge in [-0.05, 0) is 30.9 Å². The highest BCUT2D eigenvalue weighted by Gasteiger charge is 2.28. The van der Waals surface area contributed by atoms with Crippen molar-refractivity contribution >= 4 is 15.7 Å². The second-order valence-corrected chi connectivity index (χ2v) is 7.72. The quantitative estimate of drug-likeness (QED) is 0.902. The fourth-order valence-electron chi connectivity index (χ4n) is 3.23. The summed E-state index contributed by atoms with van der Waals surface area (Å²) in [5.74, 6) is 0.192. The van der Waals surface area contributed by atoms with E-state index in [4.69, 9.17) is 0 Å². The number of nitrogens with zero attached hydrogens (tertiary/aromatic N) is 1. The van der Waals surface area contributed by atoms with Crippen LogP contribution in [0.1, 0.15) is 31.2 Å². The number of sulfonamides is 1. The Kier molecular flexibility index (Phi) is 3.98. The summed E-state index contributed by atoms with van der Waals surface area (Å²) in [5, 5.41) is 3.38. The predicted molar refractivity (Wildman–Crippen MR) is 81.5 cm³/mol. The SMILES string of the molecule is O=S(=O)(CCNC1CCCC1)N1CCc2ccccc21. The van der Waals surface area contributed by atoms with Gasteiger partial charge in [-0.2, -0.15) is 0 Å². The van der Waals surface area contributed by atoms with Crippen LogP contribution >= 0.6 is 0 Å². The van der Waals surface area contributed by atoms with E-state index >= 15 is 0 Å². The van der Waals surface area contributed by atoms with Gasteiger partial charge in [-0.1, -0.05) is 31.0 Å². The Labute approximate surface area is 121 Å². The Balaban J connectivity index is 1.61. The van der Waals surface area contributed by atoms with Gasteiger partial charge in [-0.15, -0.1) is 0 Å². The highest BCUT2D eigenvalue weighted by molar-refractivity contribution is 7.92. The van der Waals surface area contributed by atoms with Crippen LogP contribution in [0.25, 0.3) is 0 Å². The summed E-state index contributed by atoms with van der Waals surface area (Å²) >= 11 is 0. The lowest BCUT2D eigenvalue weighted by Gasteiger charge is -2.20. The number of nitrogens with one attached hydrogen (secondary N) is 1. The molecule has 0 radical (unpaired) electrons. The Morgan fingerprint density at radius 1 is 1.20 bits per heavy atom. The van der Waals surface area contributed by atoms with Crippen molar-refractivity contribution in [1.29, 1.82) is 0 Å². The lowest BCUT2D eigenvalue weighted by molar-refractivity contribution is 0.535. The number of hydrogen-bond acceptors (Lipinski definition) is 3. The van der Waals surface area contributed by atoms with Crippen LogP contribution in [0.5, 0.6) is 0 Å². The number of benzene rings is 1. The smallest absolute Gasteiger partial charge is 0.236 e. The number of para-hydroxylation sites is 1. The van der Waals surface area contributed by atoms with Crippen LogP contribution in [-0.4, -0.2) is 33.3 Å². The van der Waals surface area contributed by atoms with E-state index < -0.39 is 10.0 Å². The Morgan fingerprint density at radius 3 is 2.75 bits per heavy atom. The molecule has 0 spiro atoms. The number of rotatable bonds is 5. The number of anilines is 1. The van der Waals surface area contributed by atoms with Gasteiger partial charge in [0.25, 0.3) is 0 Å². The molecule has 0 bridgehead atoms. The maximum atomic E-state index is 12.5. The van der Waals surface area contributed by atoms with Gasteiger partial charge >= 0.3 is 0 Å². The minimum Gasteiger partial charge on any atom is -0.313 e. The van der Waals surface area contributed by atoms with Crippen LogP contribution in [0.2, 0.25) is 0 Å². The average Bonchev–Trinajstić information content (AvgIpc) is 3.07. The Bertz CT molecular complexity index is 565. The van der Waals surface area contributed by atoms with E-state index in [0.717, 1.165) is 17.7 Å². The van der Waals surface area contributed by atoms with Gasteiger partial charge in [-0.3, -0.25) is 4.31 Å². The number of hydrogen-bond donors (Lipinski definition) is 1. The molecule has 1 saturated carbocycles. The van der Waals surface area contributed by atoms with Gasteiger partial charge in [0.1, 0.15) is 0 Å². The van der Waals surface area contributed by atoms with E-state index in [0.29, 0.717) is 19.1 Å². The molecule has 0 atom stereocenters. The summed E-state index contributed by atoms with van der Waals surface area (Å²) in [6.07, 6.45) is 5.73. The van der Waals surface area contributed by atoms with Gasteiger partial charge in [0.05, 0.1) is 11.4 Å². The average molecular weight is 294 g/mol. The van der Waals surface area contributed by atoms with E-state index in [1.165, 1.54) is 25.7 Å². The first-order valence-electron chi connectivity index (χ1n) is 7.48. The molecule has 0 aromatic heterocycles. The minimum absolute atomic E-state index is 0.192. The lowest BCUT2D eigenvalue weighted by atomic mass is 10.2. The summed E-state index contributed by atoms with van der Waals surface area (Å²) in [6.45, 7) is 1.15. The van der Waals surface area contributed by atoms with Crippen LogP contribution in [0.15, 0.2) is 24.3 Å². The first-order chi connectivity index (χ1) is 9.67. The van der Waals surface area contributed by atoms with E-state index in [2.05, 4.69) is 5.32 Å². The Morgan fingerprint density at radius 2 is 1.95 bits per heavy atom. The molecule has 3 rings (SSSR count). The summed E-state index contributed by atoms with van der Waals surface area (Å²) in [5.41, 5.74) is 2.01. The molecule has 1 aliphatic heterocycles. The molecule has 2 aliphatic rings. The molecular weight excluding hydrogens is 272 g/mol. The van der Waals surface area contributed by atoms with E-state index in [1.54, 1.807) is 4.31 Å². The van der Waals surface area contributed by atoms with Crippen molar-refractivity contribution in [3.8, 4) is 0 Å². The van der Waals surface area contributed by atoms with Gasteiger partial charge in [0.15, 0.2) is 0 Å². The molecule has 0 amide bonds. The zero-order valence-electron chi connectivity index (χ0n) is 11.7. The highest BCUT2D eigenvalue weighted by Crippen LogP contribution is 2.29. The van der Waals surface area contributed by atoms with Crippen LogP contribution in [0.4, 0.5) is 5.69 Å². The summed E-state index contributed by atoms with van der Waals surface area (Å²) in [6, 6.07) is 8.32. The lowest BCUT2D eigenvalue weighted by Crippen LogP contribution is -2.37. The molecule has 1 aromatic carbocycles. The highest BCUT2D eigenvalue weighted by atomic mass is 32.2. The summed E-state index contributed by atoms with van der Waals surface area (Å²) < 4.78 is 26.5.